The van der Waals surface area contributed by atoms with Gasteiger partial charge in [0.2, 0.25) is 15.9 Å². The van der Waals surface area contributed by atoms with Crippen LogP contribution in [0.4, 0.5) is 13.2 Å². The van der Waals surface area contributed by atoms with E-state index in [9.17, 15) is 26.4 Å². The molecule has 9 heteroatoms. The van der Waals surface area contributed by atoms with E-state index in [-0.39, 0.29) is 31.0 Å². The Morgan fingerprint density at radius 1 is 1.04 bits per heavy atom. The lowest BCUT2D eigenvalue weighted by Crippen LogP contribution is -2.51. The average molecular weight is 418 g/mol. The van der Waals surface area contributed by atoms with Gasteiger partial charge >= 0.3 is 6.18 Å². The fourth-order valence-corrected chi connectivity index (χ4v) is 5.76. The van der Waals surface area contributed by atoms with Gasteiger partial charge in [-0.3, -0.25) is 4.79 Å². The number of carbonyl (C=O) groups excluding carboxylic acids is 1. The first kappa shape index (κ1) is 21.1. The lowest BCUT2D eigenvalue weighted by atomic mass is 9.88. The molecular formula is C19H25F3N2O3S. The van der Waals surface area contributed by atoms with Crippen molar-refractivity contribution in [2.75, 3.05) is 13.1 Å². The molecule has 2 aliphatic rings. The number of nitrogens with one attached hydrogen (secondary N) is 1. The molecule has 0 spiro atoms. The second-order valence-corrected chi connectivity index (χ2v) is 9.45. The quantitative estimate of drug-likeness (QED) is 0.813. The summed E-state index contributed by atoms with van der Waals surface area (Å²) in [6.07, 6.45) is 1.16. The van der Waals surface area contributed by atoms with Crippen LogP contribution in [0.2, 0.25) is 0 Å². The second-order valence-electron chi connectivity index (χ2n) is 7.54. The molecule has 1 N–H and O–H groups in total. The summed E-state index contributed by atoms with van der Waals surface area (Å²) >= 11 is 0. The van der Waals surface area contributed by atoms with Crippen LogP contribution < -0.4 is 5.32 Å². The third-order valence-electron chi connectivity index (χ3n) is 5.52. The van der Waals surface area contributed by atoms with Gasteiger partial charge < -0.3 is 5.32 Å². The predicted octanol–water partition coefficient (Wildman–Crippen LogP) is 3.56. The first-order chi connectivity index (χ1) is 13.2. The molecule has 0 aromatic heterocycles. The van der Waals surface area contributed by atoms with Gasteiger partial charge in [-0.05, 0) is 37.8 Å². The predicted molar refractivity (Wildman–Crippen MR) is 97.9 cm³/mol. The molecule has 1 heterocycles. The zero-order chi connectivity index (χ0) is 20.4. The van der Waals surface area contributed by atoms with Crippen molar-refractivity contribution in [1.29, 1.82) is 0 Å². The summed E-state index contributed by atoms with van der Waals surface area (Å²) in [5.74, 6) is -0.119. The number of alkyl halides is 3. The van der Waals surface area contributed by atoms with Crippen LogP contribution in [0, 0.1) is 5.92 Å². The maximum Gasteiger partial charge on any atom is 0.417 e. The zero-order valence-corrected chi connectivity index (χ0v) is 16.4. The molecule has 3 rings (SSSR count). The average Bonchev–Trinajstić information content (AvgIpc) is 2.68. The highest BCUT2D eigenvalue weighted by atomic mass is 32.2. The summed E-state index contributed by atoms with van der Waals surface area (Å²) in [4.78, 5) is 11.7. The highest BCUT2D eigenvalue weighted by Crippen LogP contribution is 2.35. The number of hydrogen-bond acceptors (Lipinski definition) is 3. The molecule has 1 aliphatic carbocycles. The number of halogens is 3. The molecule has 1 atom stereocenters. The Kier molecular flexibility index (Phi) is 6.34. The highest BCUT2D eigenvalue weighted by molar-refractivity contribution is 7.89. The van der Waals surface area contributed by atoms with E-state index in [4.69, 9.17) is 0 Å². The Morgan fingerprint density at radius 3 is 2.39 bits per heavy atom. The topological polar surface area (TPSA) is 66.5 Å². The number of nitrogens with zero attached hydrogens (tertiary/aromatic N) is 1. The van der Waals surface area contributed by atoms with Crippen LogP contribution in [0.5, 0.6) is 0 Å². The van der Waals surface area contributed by atoms with E-state index < -0.39 is 26.7 Å². The zero-order valence-electron chi connectivity index (χ0n) is 15.5. The summed E-state index contributed by atoms with van der Waals surface area (Å²) in [6, 6.07) is 3.84. The van der Waals surface area contributed by atoms with E-state index in [0.29, 0.717) is 12.8 Å². The minimum absolute atomic E-state index is 0.00696. The summed E-state index contributed by atoms with van der Waals surface area (Å²) in [6.45, 7) is 0.136. The molecule has 28 heavy (non-hydrogen) atoms. The van der Waals surface area contributed by atoms with Crippen molar-refractivity contribution < 1.29 is 26.4 Å². The molecular weight excluding hydrogens is 393 g/mol. The molecule has 0 bridgehead atoms. The van der Waals surface area contributed by atoms with Crippen molar-refractivity contribution in [1.82, 2.24) is 9.62 Å². The van der Waals surface area contributed by atoms with E-state index in [1.54, 1.807) is 0 Å². The molecule has 1 aromatic carbocycles. The molecule has 156 valence electrons. The minimum Gasteiger partial charge on any atom is -0.352 e. The van der Waals surface area contributed by atoms with Gasteiger partial charge in [0.15, 0.2) is 0 Å². The van der Waals surface area contributed by atoms with Gasteiger partial charge in [0.1, 0.15) is 0 Å². The number of sulfonamides is 1. The number of piperidine rings is 1. The first-order valence-electron chi connectivity index (χ1n) is 9.66. The van der Waals surface area contributed by atoms with Crippen LogP contribution in [0.3, 0.4) is 0 Å². The van der Waals surface area contributed by atoms with Crippen LogP contribution in [-0.4, -0.2) is 37.8 Å². The number of amides is 1. The van der Waals surface area contributed by atoms with Crippen molar-refractivity contribution in [3.8, 4) is 0 Å². The van der Waals surface area contributed by atoms with Crippen LogP contribution in [0.15, 0.2) is 29.2 Å². The van der Waals surface area contributed by atoms with Crippen LogP contribution >= 0.6 is 0 Å². The van der Waals surface area contributed by atoms with Crippen molar-refractivity contribution >= 4 is 15.9 Å². The Bertz CT molecular complexity index is 805. The molecule has 1 saturated heterocycles. The maximum absolute atomic E-state index is 13.3. The van der Waals surface area contributed by atoms with E-state index in [1.807, 2.05) is 0 Å². The summed E-state index contributed by atoms with van der Waals surface area (Å²) < 4.78 is 66.6. The Morgan fingerprint density at radius 2 is 1.71 bits per heavy atom. The summed E-state index contributed by atoms with van der Waals surface area (Å²) in [5, 5.41) is 2.92. The third-order valence-corrected chi connectivity index (χ3v) is 7.44. The molecule has 2 fully saturated rings. The lowest BCUT2D eigenvalue weighted by Gasteiger charge is -2.34. The highest BCUT2D eigenvalue weighted by Gasteiger charge is 2.40. The van der Waals surface area contributed by atoms with Crippen molar-refractivity contribution in [2.45, 2.75) is 62.1 Å². The smallest absolute Gasteiger partial charge is 0.352 e. The standard InChI is InChI=1S/C19H25F3N2O3S/c20-19(21,22)16-10-4-5-11-17(16)28(26,27)24-12-6-9-15(13-24)23-18(25)14-7-2-1-3-8-14/h4-5,10-11,14-15H,1-3,6-9,12-13H2,(H,23,25). The van der Waals surface area contributed by atoms with Gasteiger partial charge in [-0.15, -0.1) is 0 Å². The Balaban J connectivity index is 1.74. The van der Waals surface area contributed by atoms with Gasteiger partial charge in [0, 0.05) is 25.0 Å². The molecule has 5 nitrogen and oxygen atoms in total. The maximum atomic E-state index is 13.3. The fraction of sp³-hybridized carbons (Fsp3) is 0.632. The number of benzene rings is 1. The molecule has 1 amide bonds. The molecule has 0 radical (unpaired) electrons. The Hall–Kier alpha value is -1.61. The van der Waals surface area contributed by atoms with Crippen molar-refractivity contribution in [3.05, 3.63) is 29.8 Å². The first-order valence-corrected chi connectivity index (χ1v) is 11.1. The van der Waals surface area contributed by atoms with E-state index in [1.165, 1.54) is 12.1 Å². The van der Waals surface area contributed by atoms with Gasteiger partial charge in [0.05, 0.1) is 10.5 Å². The van der Waals surface area contributed by atoms with Gasteiger partial charge in [0.25, 0.3) is 0 Å². The molecule has 1 saturated carbocycles. The normalized spacial score (nSPS) is 22.8. The van der Waals surface area contributed by atoms with Gasteiger partial charge in [-0.2, -0.15) is 17.5 Å². The van der Waals surface area contributed by atoms with Crippen LogP contribution in [0.25, 0.3) is 0 Å². The van der Waals surface area contributed by atoms with Crippen molar-refractivity contribution in [2.24, 2.45) is 5.92 Å². The van der Waals surface area contributed by atoms with Gasteiger partial charge in [-0.1, -0.05) is 31.4 Å². The Labute approximate surface area is 163 Å². The summed E-state index contributed by atoms with van der Waals surface area (Å²) in [5.41, 5.74) is -1.16. The SMILES string of the molecule is O=C(NC1CCCN(S(=O)(=O)c2ccccc2C(F)(F)F)C1)C1CCCCC1. The largest absolute Gasteiger partial charge is 0.417 e. The number of carbonyl (C=O) groups is 1. The van der Waals surface area contributed by atoms with E-state index in [0.717, 1.165) is 48.5 Å². The van der Waals surface area contributed by atoms with Gasteiger partial charge in [-0.25, -0.2) is 8.42 Å². The number of hydrogen-bond donors (Lipinski definition) is 1. The second kappa shape index (κ2) is 8.41. The lowest BCUT2D eigenvalue weighted by molar-refractivity contribution is -0.140. The minimum atomic E-state index is -4.76. The molecule has 1 unspecified atom stereocenters. The third kappa shape index (κ3) is 4.68. The molecule has 1 aliphatic heterocycles. The number of rotatable bonds is 4. The van der Waals surface area contributed by atoms with E-state index >= 15 is 0 Å². The van der Waals surface area contributed by atoms with Crippen LogP contribution in [0.1, 0.15) is 50.5 Å². The molecule has 1 aromatic rings. The monoisotopic (exact) mass is 418 g/mol. The summed E-state index contributed by atoms with van der Waals surface area (Å²) in [7, 11) is -4.31. The van der Waals surface area contributed by atoms with Crippen LogP contribution in [-0.2, 0) is 21.0 Å². The van der Waals surface area contributed by atoms with E-state index in [2.05, 4.69) is 5.32 Å². The van der Waals surface area contributed by atoms with Crippen molar-refractivity contribution in [3.63, 3.8) is 0 Å². The fourth-order valence-electron chi connectivity index (χ4n) is 4.03.